The van der Waals surface area contributed by atoms with Crippen LogP contribution in [-0.2, 0) is 4.74 Å². The predicted octanol–water partition coefficient (Wildman–Crippen LogP) is 3.58. The third-order valence-electron chi connectivity index (χ3n) is 3.63. The molecule has 1 rings (SSSR count). The summed E-state index contributed by atoms with van der Waals surface area (Å²) in [5.41, 5.74) is -0.419. The molecule has 0 aromatic carbocycles. The maximum absolute atomic E-state index is 12.0. The number of allylic oxidation sites excluding steroid dienone is 2. The van der Waals surface area contributed by atoms with Gasteiger partial charge < -0.3 is 15.0 Å². The standard InChI is InChI=1S/C17H32N2O2/c1-5-19(16(20)21-17(2,3)4)13-9-12-18-14-15-10-7-6-8-11-15/h6-7,15,18H,5,8-14H2,1-4H3. The zero-order valence-electron chi connectivity index (χ0n) is 14.2. The molecule has 4 heteroatoms. The molecule has 0 aromatic rings. The predicted molar refractivity (Wildman–Crippen MR) is 87.4 cm³/mol. The molecule has 1 amide bonds. The quantitative estimate of drug-likeness (QED) is 0.577. The minimum Gasteiger partial charge on any atom is -0.444 e. The minimum atomic E-state index is -0.419. The lowest BCUT2D eigenvalue weighted by atomic mass is 9.94. The van der Waals surface area contributed by atoms with Crippen molar-refractivity contribution in [3.63, 3.8) is 0 Å². The highest BCUT2D eigenvalue weighted by atomic mass is 16.6. The van der Waals surface area contributed by atoms with E-state index in [0.29, 0.717) is 6.54 Å². The first-order valence-electron chi connectivity index (χ1n) is 8.26. The van der Waals surface area contributed by atoms with E-state index in [0.717, 1.165) is 32.0 Å². The van der Waals surface area contributed by atoms with E-state index in [1.54, 1.807) is 4.90 Å². The molecule has 0 bridgehead atoms. The first-order valence-corrected chi connectivity index (χ1v) is 8.26. The average Bonchev–Trinajstić information content (AvgIpc) is 2.42. The Balaban J connectivity index is 2.14. The van der Waals surface area contributed by atoms with Crippen LogP contribution >= 0.6 is 0 Å². The lowest BCUT2D eigenvalue weighted by molar-refractivity contribution is 0.0258. The number of hydrogen-bond acceptors (Lipinski definition) is 3. The molecule has 1 atom stereocenters. The molecular formula is C17H32N2O2. The Morgan fingerprint density at radius 1 is 1.38 bits per heavy atom. The van der Waals surface area contributed by atoms with Crippen LogP contribution in [-0.4, -0.2) is 42.8 Å². The summed E-state index contributed by atoms with van der Waals surface area (Å²) in [4.78, 5) is 13.8. The van der Waals surface area contributed by atoms with Gasteiger partial charge in [0.2, 0.25) is 0 Å². The zero-order valence-corrected chi connectivity index (χ0v) is 14.2. The molecule has 1 aliphatic rings. The summed E-state index contributed by atoms with van der Waals surface area (Å²) in [6.07, 6.45) is 9.04. The van der Waals surface area contributed by atoms with Crippen molar-refractivity contribution in [3.8, 4) is 0 Å². The van der Waals surface area contributed by atoms with Gasteiger partial charge in [-0.15, -0.1) is 0 Å². The topological polar surface area (TPSA) is 41.6 Å². The minimum absolute atomic E-state index is 0.206. The Bertz CT molecular complexity index is 334. The van der Waals surface area contributed by atoms with Gasteiger partial charge in [-0.25, -0.2) is 4.79 Å². The monoisotopic (exact) mass is 296 g/mol. The third-order valence-corrected chi connectivity index (χ3v) is 3.63. The lowest BCUT2D eigenvalue weighted by Gasteiger charge is -2.26. The summed E-state index contributed by atoms with van der Waals surface area (Å²) in [6, 6.07) is 0. The van der Waals surface area contributed by atoms with E-state index in [1.165, 1.54) is 19.3 Å². The summed E-state index contributed by atoms with van der Waals surface area (Å²) in [5.74, 6) is 0.781. The second-order valence-electron chi connectivity index (χ2n) is 6.77. The number of carbonyl (C=O) groups excluding carboxylic acids is 1. The largest absolute Gasteiger partial charge is 0.444 e. The maximum Gasteiger partial charge on any atom is 0.410 e. The van der Waals surface area contributed by atoms with E-state index in [1.807, 2.05) is 27.7 Å². The summed E-state index contributed by atoms with van der Waals surface area (Å²) in [6.45, 7) is 11.2. The van der Waals surface area contributed by atoms with Crippen molar-refractivity contribution in [2.45, 2.75) is 59.0 Å². The van der Waals surface area contributed by atoms with Crippen LogP contribution in [0.3, 0.4) is 0 Å². The molecule has 0 saturated carbocycles. The van der Waals surface area contributed by atoms with E-state index in [4.69, 9.17) is 4.74 Å². The molecule has 0 spiro atoms. The summed E-state index contributed by atoms with van der Waals surface area (Å²) >= 11 is 0. The van der Waals surface area contributed by atoms with Crippen molar-refractivity contribution >= 4 is 6.09 Å². The van der Waals surface area contributed by atoms with E-state index in [9.17, 15) is 4.79 Å². The number of nitrogens with zero attached hydrogens (tertiary/aromatic N) is 1. The van der Waals surface area contributed by atoms with Gasteiger partial charge in [0, 0.05) is 13.1 Å². The summed E-state index contributed by atoms with van der Waals surface area (Å²) in [5, 5.41) is 3.51. The molecule has 21 heavy (non-hydrogen) atoms. The fourth-order valence-corrected chi connectivity index (χ4v) is 2.45. The van der Waals surface area contributed by atoms with Crippen LogP contribution in [0.4, 0.5) is 4.79 Å². The Kier molecular flexibility index (Phi) is 7.79. The number of nitrogens with one attached hydrogen (secondary N) is 1. The first-order chi connectivity index (χ1) is 9.92. The number of rotatable bonds is 7. The number of carbonyl (C=O) groups is 1. The molecule has 0 heterocycles. The number of amides is 1. The van der Waals surface area contributed by atoms with Crippen molar-refractivity contribution in [1.29, 1.82) is 0 Å². The number of hydrogen-bond donors (Lipinski definition) is 1. The SMILES string of the molecule is CCN(CCCNCC1CC=CCC1)C(=O)OC(C)(C)C. The molecule has 1 unspecified atom stereocenters. The Labute approximate surface area is 129 Å². The van der Waals surface area contributed by atoms with Crippen molar-refractivity contribution in [2.24, 2.45) is 5.92 Å². The van der Waals surface area contributed by atoms with Crippen LogP contribution in [0.15, 0.2) is 12.2 Å². The smallest absolute Gasteiger partial charge is 0.410 e. The van der Waals surface area contributed by atoms with Crippen molar-refractivity contribution < 1.29 is 9.53 Å². The van der Waals surface area contributed by atoms with E-state index < -0.39 is 5.60 Å². The molecule has 0 fully saturated rings. The second kappa shape index (κ2) is 9.08. The highest BCUT2D eigenvalue weighted by Crippen LogP contribution is 2.16. The maximum atomic E-state index is 12.0. The van der Waals surface area contributed by atoms with Gasteiger partial charge in [0.05, 0.1) is 0 Å². The highest BCUT2D eigenvalue weighted by molar-refractivity contribution is 5.68. The normalized spacial score (nSPS) is 18.6. The van der Waals surface area contributed by atoms with Gasteiger partial charge in [0.1, 0.15) is 5.60 Å². The lowest BCUT2D eigenvalue weighted by Crippen LogP contribution is -2.38. The van der Waals surface area contributed by atoms with Gasteiger partial charge >= 0.3 is 6.09 Å². The van der Waals surface area contributed by atoms with Crippen LogP contribution in [0, 0.1) is 5.92 Å². The molecule has 122 valence electrons. The number of ether oxygens (including phenoxy) is 1. The summed E-state index contributed by atoms with van der Waals surface area (Å²) in [7, 11) is 0. The fourth-order valence-electron chi connectivity index (χ4n) is 2.45. The van der Waals surface area contributed by atoms with E-state index in [-0.39, 0.29) is 6.09 Å². The van der Waals surface area contributed by atoms with Crippen LogP contribution in [0.25, 0.3) is 0 Å². The zero-order chi connectivity index (χ0) is 15.7. The van der Waals surface area contributed by atoms with Crippen molar-refractivity contribution in [3.05, 3.63) is 12.2 Å². The van der Waals surface area contributed by atoms with Gasteiger partial charge in [-0.1, -0.05) is 12.2 Å². The van der Waals surface area contributed by atoms with Gasteiger partial charge in [-0.05, 0) is 72.4 Å². The molecular weight excluding hydrogens is 264 g/mol. The second-order valence-corrected chi connectivity index (χ2v) is 6.77. The molecule has 0 saturated heterocycles. The van der Waals surface area contributed by atoms with Gasteiger partial charge in [0.15, 0.2) is 0 Å². The first kappa shape index (κ1) is 18.0. The van der Waals surface area contributed by atoms with Crippen LogP contribution < -0.4 is 5.32 Å². The third kappa shape index (κ3) is 8.10. The van der Waals surface area contributed by atoms with Gasteiger partial charge in [-0.3, -0.25) is 0 Å². The van der Waals surface area contributed by atoms with Gasteiger partial charge in [-0.2, -0.15) is 0 Å². The Hall–Kier alpha value is -1.03. The molecule has 0 aliphatic heterocycles. The molecule has 1 N–H and O–H groups in total. The average molecular weight is 296 g/mol. The van der Waals surface area contributed by atoms with Crippen molar-refractivity contribution in [2.75, 3.05) is 26.2 Å². The molecule has 0 radical (unpaired) electrons. The van der Waals surface area contributed by atoms with Crippen molar-refractivity contribution in [1.82, 2.24) is 10.2 Å². The highest BCUT2D eigenvalue weighted by Gasteiger charge is 2.20. The van der Waals surface area contributed by atoms with E-state index >= 15 is 0 Å². The van der Waals surface area contributed by atoms with E-state index in [2.05, 4.69) is 17.5 Å². The molecule has 0 aromatic heterocycles. The Morgan fingerprint density at radius 3 is 2.71 bits per heavy atom. The van der Waals surface area contributed by atoms with Crippen LogP contribution in [0.1, 0.15) is 53.4 Å². The Morgan fingerprint density at radius 2 is 2.14 bits per heavy atom. The molecule has 1 aliphatic carbocycles. The fraction of sp³-hybridized carbons (Fsp3) is 0.824. The molecule has 4 nitrogen and oxygen atoms in total. The van der Waals surface area contributed by atoms with Crippen LogP contribution in [0.5, 0.6) is 0 Å². The van der Waals surface area contributed by atoms with Crippen LogP contribution in [0.2, 0.25) is 0 Å². The summed E-state index contributed by atoms with van der Waals surface area (Å²) < 4.78 is 5.40. The van der Waals surface area contributed by atoms with Gasteiger partial charge in [0.25, 0.3) is 0 Å².